The summed E-state index contributed by atoms with van der Waals surface area (Å²) in [6, 6.07) is 12.7. The Bertz CT molecular complexity index is 777. The van der Waals surface area contributed by atoms with E-state index in [4.69, 9.17) is 0 Å². The quantitative estimate of drug-likeness (QED) is 0.902. The van der Waals surface area contributed by atoms with Gasteiger partial charge in [0, 0.05) is 37.9 Å². The Balaban J connectivity index is 1.33. The van der Waals surface area contributed by atoms with Crippen LogP contribution in [0.15, 0.2) is 36.4 Å². The Morgan fingerprint density at radius 1 is 1.04 bits per heavy atom. The van der Waals surface area contributed by atoms with Crippen LogP contribution in [-0.2, 0) is 0 Å². The molecule has 1 aliphatic carbocycles. The summed E-state index contributed by atoms with van der Waals surface area (Å²) in [6.07, 6.45) is 4.92. The molecule has 27 heavy (non-hydrogen) atoms. The molecule has 0 unspecified atom stereocenters. The lowest BCUT2D eigenvalue weighted by Gasteiger charge is -2.36. The number of anilines is 2. The third kappa shape index (κ3) is 4.21. The molecule has 0 bridgehead atoms. The monoisotopic (exact) mass is 365 g/mol. The molecule has 1 N–H and O–H groups in total. The van der Waals surface area contributed by atoms with Gasteiger partial charge in [0.25, 0.3) is 5.91 Å². The second-order valence-electron chi connectivity index (χ2n) is 7.55. The van der Waals surface area contributed by atoms with E-state index in [1.165, 1.54) is 36.9 Å². The molecular formula is C21H27N5O. The van der Waals surface area contributed by atoms with Crippen LogP contribution in [0, 0.1) is 6.92 Å². The van der Waals surface area contributed by atoms with E-state index in [-0.39, 0.29) is 5.91 Å². The van der Waals surface area contributed by atoms with E-state index >= 15 is 0 Å². The number of aryl methyl sites for hydroxylation is 1. The molecular weight excluding hydrogens is 338 g/mol. The molecule has 1 amide bonds. The normalized spacial score (nSPS) is 18.0. The van der Waals surface area contributed by atoms with Crippen molar-refractivity contribution < 1.29 is 4.79 Å². The molecule has 1 saturated carbocycles. The van der Waals surface area contributed by atoms with Crippen LogP contribution < -0.4 is 10.2 Å². The van der Waals surface area contributed by atoms with Gasteiger partial charge in [-0.05, 0) is 49.6 Å². The Morgan fingerprint density at radius 2 is 1.81 bits per heavy atom. The lowest BCUT2D eigenvalue weighted by atomic mass is 10.2. The van der Waals surface area contributed by atoms with Crippen molar-refractivity contribution in [3.05, 3.63) is 47.7 Å². The number of amides is 1. The summed E-state index contributed by atoms with van der Waals surface area (Å²) in [7, 11) is 0. The topological polar surface area (TPSA) is 61.4 Å². The summed E-state index contributed by atoms with van der Waals surface area (Å²) in [4.78, 5) is 16.9. The summed E-state index contributed by atoms with van der Waals surface area (Å²) >= 11 is 0. The maximum Gasteiger partial charge on any atom is 0.274 e. The van der Waals surface area contributed by atoms with Gasteiger partial charge in [0.05, 0.1) is 0 Å². The number of aromatic nitrogens is 2. The molecule has 2 aromatic rings. The van der Waals surface area contributed by atoms with E-state index in [1.807, 2.05) is 11.0 Å². The van der Waals surface area contributed by atoms with E-state index in [0.29, 0.717) is 24.8 Å². The highest BCUT2D eigenvalue weighted by molar-refractivity contribution is 5.92. The van der Waals surface area contributed by atoms with Crippen LogP contribution >= 0.6 is 0 Å². The molecule has 1 aliphatic heterocycles. The van der Waals surface area contributed by atoms with Gasteiger partial charge < -0.3 is 15.1 Å². The molecule has 6 heteroatoms. The van der Waals surface area contributed by atoms with Gasteiger partial charge in [0.1, 0.15) is 5.82 Å². The minimum Gasteiger partial charge on any atom is -0.368 e. The zero-order valence-electron chi connectivity index (χ0n) is 15.9. The number of hydrogen-bond donors (Lipinski definition) is 1. The number of nitrogens with zero attached hydrogens (tertiary/aromatic N) is 4. The number of nitrogens with one attached hydrogen (secondary N) is 1. The summed E-state index contributed by atoms with van der Waals surface area (Å²) in [5.74, 6) is 0.738. The molecule has 1 saturated heterocycles. The fourth-order valence-electron chi connectivity index (χ4n) is 3.96. The van der Waals surface area contributed by atoms with E-state index in [9.17, 15) is 4.79 Å². The van der Waals surface area contributed by atoms with Crippen molar-refractivity contribution in [2.24, 2.45) is 0 Å². The minimum absolute atomic E-state index is 0.0289. The van der Waals surface area contributed by atoms with Crippen molar-refractivity contribution in [2.75, 3.05) is 36.4 Å². The molecule has 0 atom stereocenters. The van der Waals surface area contributed by atoms with E-state index < -0.39 is 0 Å². The van der Waals surface area contributed by atoms with Crippen LogP contribution in [0.2, 0.25) is 0 Å². The summed E-state index contributed by atoms with van der Waals surface area (Å²) in [5.41, 5.74) is 2.91. The number of carbonyl (C=O) groups is 1. The van der Waals surface area contributed by atoms with Crippen LogP contribution in [0.4, 0.5) is 11.5 Å². The standard InChI is InChI=1S/C21H27N5O/c1-16-5-4-8-18(15-16)25-11-13-26(14-12-25)21(27)19-9-10-20(24-23-19)22-17-6-2-3-7-17/h4-5,8-10,15,17H,2-3,6-7,11-14H2,1H3,(H,22,24). The lowest BCUT2D eigenvalue weighted by molar-refractivity contribution is 0.0739. The zero-order valence-corrected chi connectivity index (χ0v) is 15.9. The fourth-order valence-corrected chi connectivity index (χ4v) is 3.96. The third-order valence-corrected chi connectivity index (χ3v) is 5.52. The Labute approximate surface area is 160 Å². The van der Waals surface area contributed by atoms with E-state index in [2.05, 4.69) is 51.6 Å². The highest BCUT2D eigenvalue weighted by atomic mass is 16.2. The first-order chi connectivity index (χ1) is 13.2. The van der Waals surface area contributed by atoms with Gasteiger partial charge in [0.2, 0.25) is 0 Å². The molecule has 0 spiro atoms. The SMILES string of the molecule is Cc1cccc(N2CCN(C(=O)c3ccc(NC4CCCC4)nn3)CC2)c1. The van der Waals surface area contributed by atoms with Gasteiger partial charge in [-0.1, -0.05) is 25.0 Å². The van der Waals surface area contributed by atoms with Gasteiger partial charge in [0.15, 0.2) is 5.69 Å². The van der Waals surface area contributed by atoms with E-state index in [1.54, 1.807) is 6.07 Å². The Kier molecular flexibility index (Phi) is 5.23. The second-order valence-corrected chi connectivity index (χ2v) is 7.55. The molecule has 0 radical (unpaired) electrons. The van der Waals surface area contributed by atoms with Gasteiger partial charge in [-0.3, -0.25) is 4.79 Å². The average Bonchev–Trinajstić information content (AvgIpc) is 3.21. The highest BCUT2D eigenvalue weighted by Gasteiger charge is 2.23. The number of piperazine rings is 1. The molecule has 6 nitrogen and oxygen atoms in total. The van der Waals surface area contributed by atoms with Gasteiger partial charge in [-0.2, -0.15) is 0 Å². The first-order valence-corrected chi connectivity index (χ1v) is 9.90. The van der Waals surface area contributed by atoms with Crippen LogP contribution in [0.3, 0.4) is 0 Å². The Hall–Kier alpha value is -2.63. The maximum absolute atomic E-state index is 12.7. The molecule has 4 rings (SSSR count). The van der Waals surface area contributed by atoms with Crippen LogP contribution in [0.25, 0.3) is 0 Å². The first kappa shape index (κ1) is 17.8. The smallest absolute Gasteiger partial charge is 0.274 e. The van der Waals surface area contributed by atoms with Crippen molar-refractivity contribution in [2.45, 2.75) is 38.6 Å². The lowest BCUT2D eigenvalue weighted by Crippen LogP contribution is -2.49. The van der Waals surface area contributed by atoms with Crippen molar-refractivity contribution in [1.29, 1.82) is 0 Å². The van der Waals surface area contributed by atoms with Gasteiger partial charge >= 0.3 is 0 Å². The molecule has 2 heterocycles. The van der Waals surface area contributed by atoms with Gasteiger partial charge in [-0.25, -0.2) is 0 Å². The number of benzene rings is 1. The maximum atomic E-state index is 12.7. The third-order valence-electron chi connectivity index (χ3n) is 5.52. The predicted molar refractivity (Wildman–Crippen MR) is 107 cm³/mol. The van der Waals surface area contributed by atoms with Crippen molar-refractivity contribution in [1.82, 2.24) is 15.1 Å². The summed E-state index contributed by atoms with van der Waals surface area (Å²) in [6.45, 7) is 5.19. The molecule has 2 aliphatic rings. The van der Waals surface area contributed by atoms with Crippen LogP contribution in [0.1, 0.15) is 41.7 Å². The minimum atomic E-state index is -0.0289. The number of hydrogen-bond acceptors (Lipinski definition) is 5. The Morgan fingerprint density at radius 3 is 2.48 bits per heavy atom. The first-order valence-electron chi connectivity index (χ1n) is 9.90. The highest BCUT2D eigenvalue weighted by Crippen LogP contribution is 2.21. The van der Waals surface area contributed by atoms with Crippen molar-refractivity contribution in [3.63, 3.8) is 0 Å². The average molecular weight is 365 g/mol. The zero-order chi connectivity index (χ0) is 18.6. The summed E-state index contributed by atoms with van der Waals surface area (Å²) in [5, 5.41) is 11.8. The fraction of sp³-hybridized carbons (Fsp3) is 0.476. The predicted octanol–water partition coefficient (Wildman–Crippen LogP) is 3.10. The molecule has 2 fully saturated rings. The van der Waals surface area contributed by atoms with Crippen molar-refractivity contribution in [3.8, 4) is 0 Å². The van der Waals surface area contributed by atoms with Crippen molar-refractivity contribution >= 4 is 17.4 Å². The largest absolute Gasteiger partial charge is 0.368 e. The van der Waals surface area contributed by atoms with Crippen LogP contribution in [-0.4, -0.2) is 53.2 Å². The van der Waals surface area contributed by atoms with E-state index in [0.717, 1.165) is 18.9 Å². The molecule has 1 aromatic heterocycles. The molecule has 142 valence electrons. The number of carbonyl (C=O) groups excluding carboxylic acids is 1. The van der Waals surface area contributed by atoms with Gasteiger partial charge in [-0.15, -0.1) is 10.2 Å². The summed E-state index contributed by atoms with van der Waals surface area (Å²) < 4.78 is 0. The number of rotatable bonds is 4. The van der Waals surface area contributed by atoms with Crippen LogP contribution in [0.5, 0.6) is 0 Å². The second kappa shape index (κ2) is 7.94. The molecule has 1 aromatic carbocycles.